The van der Waals surface area contributed by atoms with E-state index in [-0.39, 0.29) is 5.91 Å². The van der Waals surface area contributed by atoms with Gasteiger partial charge in [0.1, 0.15) is 0 Å². The van der Waals surface area contributed by atoms with Gasteiger partial charge >= 0.3 is 0 Å². The summed E-state index contributed by atoms with van der Waals surface area (Å²) in [6.07, 6.45) is 0. The van der Waals surface area contributed by atoms with Gasteiger partial charge in [-0.1, -0.05) is 0 Å². The van der Waals surface area contributed by atoms with Gasteiger partial charge in [-0.15, -0.1) is 0 Å². The maximum absolute atomic E-state index is 11.9. The number of hydrogen-bond acceptors (Lipinski definition) is 4. The minimum absolute atomic E-state index is 0.206. The van der Waals surface area contributed by atoms with E-state index in [2.05, 4.69) is 32.6 Å². The molecule has 0 aliphatic carbocycles. The Hall–Kier alpha value is -2.52. The number of nitrogens with zero attached hydrogens (tertiary/aromatic N) is 1. The second-order valence-corrected chi connectivity index (χ2v) is 5.17. The lowest BCUT2D eigenvalue weighted by Crippen LogP contribution is -2.19. The van der Waals surface area contributed by atoms with Crippen LogP contribution in [0.3, 0.4) is 0 Å². The lowest BCUT2D eigenvalue weighted by molar-refractivity contribution is 0.0964. The zero-order valence-corrected chi connectivity index (χ0v) is 12.9. The average Bonchev–Trinajstić information content (AvgIpc) is 2.48. The molecule has 0 unspecified atom stereocenters. The highest BCUT2D eigenvalue weighted by molar-refractivity contribution is 9.10. The van der Waals surface area contributed by atoms with Crippen molar-refractivity contribution in [1.29, 1.82) is 5.26 Å². The smallest absolute Gasteiger partial charge is 0.253 e. The molecule has 6 heteroatoms. The number of nitrogens with one attached hydrogen (secondary N) is 2. The van der Waals surface area contributed by atoms with Crippen LogP contribution < -0.4 is 16.4 Å². The number of anilines is 3. The standard InChI is InChI=1S/C15H13BrN4O/c1-19-15(21)11-4-3-10(18)7-14(11)20-13-5-2-9(8-17)6-12(13)16/h2-7,20H,18H2,1H3,(H,19,21). The SMILES string of the molecule is CNC(=O)c1ccc(N)cc1Nc1ccc(C#N)cc1Br. The predicted octanol–water partition coefficient (Wildman–Crippen LogP) is 3.01. The highest BCUT2D eigenvalue weighted by Gasteiger charge is 2.11. The van der Waals surface area contributed by atoms with Crippen LogP contribution in [-0.4, -0.2) is 13.0 Å². The molecule has 0 fully saturated rings. The van der Waals surface area contributed by atoms with Crippen molar-refractivity contribution in [2.45, 2.75) is 0 Å². The van der Waals surface area contributed by atoms with Crippen molar-refractivity contribution >= 4 is 38.9 Å². The van der Waals surface area contributed by atoms with Crippen molar-refractivity contribution in [3.8, 4) is 6.07 Å². The summed E-state index contributed by atoms with van der Waals surface area (Å²) in [6.45, 7) is 0. The topological polar surface area (TPSA) is 90.9 Å². The third-order valence-corrected chi connectivity index (χ3v) is 3.54. The minimum atomic E-state index is -0.206. The fourth-order valence-corrected chi connectivity index (χ4v) is 2.31. The van der Waals surface area contributed by atoms with E-state index in [0.717, 1.165) is 10.2 Å². The fraction of sp³-hybridized carbons (Fsp3) is 0.0667. The molecule has 0 bridgehead atoms. The van der Waals surface area contributed by atoms with E-state index in [4.69, 9.17) is 11.0 Å². The number of carbonyl (C=O) groups is 1. The van der Waals surface area contributed by atoms with Crippen molar-refractivity contribution in [3.05, 3.63) is 52.0 Å². The van der Waals surface area contributed by atoms with Crippen LogP contribution in [0.5, 0.6) is 0 Å². The van der Waals surface area contributed by atoms with Gasteiger partial charge in [0, 0.05) is 17.2 Å². The molecule has 106 valence electrons. The van der Waals surface area contributed by atoms with Gasteiger partial charge < -0.3 is 16.4 Å². The molecule has 0 aromatic heterocycles. The number of rotatable bonds is 3. The second-order valence-electron chi connectivity index (χ2n) is 4.32. The number of halogens is 1. The molecule has 2 aromatic carbocycles. The summed E-state index contributed by atoms with van der Waals surface area (Å²) in [5.74, 6) is -0.206. The Bertz CT molecular complexity index is 737. The van der Waals surface area contributed by atoms with Crippen LogP contribution in [0.1, 0.15) is 15.9 Å². The first-order valence-corrected chi connectivity index (χ1v) is 6.92. The molecule has 4 N–H and O–H groups in total. The second kappa shape index (κ2) is 6.29. The molecule has 5 nitrogen and oxygen atoms in total. The highest BCUT2D eigenvalue weighted by atomic mass is 79.9. The van der Waals surface area contributed by atoms with Gasteiger partial charge in [-0.3, -0.25) is 4.79 Å². The van der Waals surface area contributed by atoms with Crippen molar-refractivity contribution in [3.63, 3.8) is 0 Å². The lowest BCUT2D eigenvalue weighted by atomic mass is 10.1. The molecule has 2 aromatic rings. The van der Waals surface area contributed by atoms with Gasteiger partial charge in [-0.05, 0) is 52.3 Å². The number of nitrogen functional groups attached to an aromatic ring is 1. The number of nitriles is 1. The predicted molar refractivity (Wildman–Crippen MR) is 86.4 cm³/mol. The number of amides is 1. The Morgan fingerprint density at radius 2 is 2.00 bits per heavy atom. The maximum atomic E-state index is 11.9. The summed E-state index contributed by atoms with van der Waals surface area (Å²) in [4.78, 5) is 11.9. The third-order valence-electron chi connectivity index (χ3n) is 2.88. The summed E-state index contributed by atoms with van der Waals surface area (Å²) in [7, 11) is 1.57. The van der Waals surface area contributed by atoms with Crippen LogP contribution in [0.25, 0.3) is 0 Å². The van der Waals surface area contributed by atoms with Gasteiger partial charge in [-0.25, -0.2) is 0 Å². The van der Waals surface area contributed by atoms with E-state index < -0.39 is 0 Å². The largest absolute Gasteiger partial charge is 0.399 e. The first-order valence-electron chi connectivity index (χ1n) is 6.13. The van der Waals surface area contributed by atoms with Crippen LogP contribution >= 0.6 is 15.9 Å². The molecule has 0 spiro atoms. The van der Waals surface area contributed by atoms with E-state index in [1.807, 2.05) is 0 Å². The summed E-state index contributed by atoms with van der Waals surface area (Å²) in [5.41, 5.74) is 8.70. The van der Waals surface area contributed by atoms with Crippen molar-refractivity contribution in [1.82, 2.24) is 5.32 Å². The molecule has 0 saturated heterocycles. The Balaban J connectivity index is 2.42. The Morgan fingerprint density at radius 1 is 1.24 bits per heavy atom. The zero-order chi connectivity index (χ0) is 15.4. The monoisotopic (exact) mass is 344 g/mol. The van der Waals surface area contributed by atoms with Crippen LogP contribution in [-0.2, 0) is 0 Å². The first-order chi connectivity index (χ1) is 10.0. The van der Waals surface area contributed by atoms with Gasteiger partial charge in [0.2, 0.25) is 0 Å². The number of hydrogen-bond donors (Lipinski definition) is 3. The van der Waals surface area contributed by atoms with E-state index in [1.165, 1.54) is 0 Å². The maximum Gasteiger partial charge on any atom is 0.253 e. The molecule has 0 atom stereocenters. The van der Waals surface area contributed by atoms with Crippen molar-refractivity contribution in [2.24, 2.45) is 0 Å². The quantitative estimate of drug-likeness (QED) is 0.746. The molecule has 0 aliphatic heterocycles. The Labute approximate surface area is 130 Å². The highest BCUT2D eigenvalue weighted by Crippen LogP contribution is 2.29. The molecular formula is C15H13BrN4O. The summed E-state index contributed by atoms with van der Waals surface area (Å²) >= 11 is 3.40. The van der Waals surface area contributed by atoms with E-state index in [0.29, 0.717) is 22.5 Å². The van der Waals surface area contributed by atoms with Crippen LogP contribution in [0, 0.1) is 11.3 Å². The normalized spacial score (nSPS) is 9.76. The lowest BCUT2D eigenvalue weighted by Gasteiger charge is -2.13. The fourth-order valence-electron chi connectivity index (χ4n) is 1.83. The molecule has 2 rings (SSSR count). The molecule has 0 aliphatic rings. The van der Waals surface area contributed by atoms with Crippen LogP contribution in [0.2, 0.25) is 0 Å². The summed E-state index contributed by atoms with van der Waals surface area (Å²) in [6, 6.07) is 12.2. The third kappa shape index (κ3) is 3.33. The Morgan fingerprint density at radius 3 is 2.62 bits per heavy atom. The van der Waals surface area contributed by atoms with Gasteiger partial charge in [0.05, 0.1) is 28.6 Å². The minimum Gasteiger partial charge on any atom is -0.399 e. The number of nitrogens with two attached hydrogens (primary N) is 1. The molecule has 1 amide bonds. The van der Waals surface area contributed by atoms with Gasteiger partial charge in [-0.2, -0.15) is 5.26 Å². The first kappa shape index (κ1) is 14.9. The average molecular weight is 345 g/mol. The summed E-state index contributed by atoms with van der Waals surface area (Å²) in [5, 5.41) is 14.6. The zero-order valence-electron chi connectivity index (χ0n) is 11.3. The number of benzene rings is 2. The molecule has 0 heterocycles. The van der Waals surface area contributed by atoms with Gasteiger partial charge in [0.15, 0.2) is 0 Å². The van der Waals surface area contributed by atoms with Crippen LogP contribution in [0.4, 0.5) is 17.1 Å². The van der Waals surface area contributed by atoms with Gasteiger partial charge in [0.25, 0.3) is 5.91 Å². The van der Waals surface area contributed by atoms with E-state index in [1.54, 1.807) is 43.4 Å². The Kier molecular flexibility index (Phi) is 4.45. The van der Waals surface area contributed by atoms with E-state index in [9.17, 15) is 4.79 Å². The molecule has 0 saturated carbocycles. The summed E-state index contributed by atoms with van der Waals surface area (Å²) < 4.78 is 0.729. The van der Waals surface area contributed by atoms with Crippen molar-refractivity contribution < 1.29 is 4.79 Å². The van der Waals surface area contributed by atoms with Crippen molar-refractivity contribution in [2.75, 3.05) is 18.1 Å². The molecular weight excluding hydrogens is 332 g/mol. The van der Waals surface area contributed by atoms with Crippen LogP contribution in [0.15, 0.2) is 40.9 Å². The van der Waals surface area contributed by atoms with E-state index >= 15 is 0 Å². The molecule has 0 radical (unpaired) electrons. The number of carbonyl (C=O) groups excluding carboxylic acids is 1. The molecule has 21 heavy (non-hydrogen) atoms.